The predicted octanol–water partition coefficient (Wildman–Crippen LogP) is 0.653. The number of amides is 1. The van der Waals surface area contributed by atoms with Crippen molar-refractivity contribution in [3.05, 3.63) is 16.4 Å². The van der Waals surface area contributed by atoms with Crippen LogP contribution in [0.5, 0.6) is 0 Å². The monoisotopic (exact) mass is 287 g/mol. The SMILES string of the molecule is Cc1c(Cl)c(C(=O)NNC(=S)NC2CC2)nn1C. The molecule has 1 aliphatic carbocycles. The molecule has 0 bridgehead atoms. The highest BCUT2D eigenvalue weighted by molar-refractivity contribution is 7.80. The highest BCUT2D eigenvalue weighted by atomic mass is 35.5. The molecule has 6 nitrogen and oxygen atoms in total. The van der Waals surface area contributed by atoms with Gasteiger partial charge in [0.1, 0.15) is 0 Å². The van der Waals surface area contributed by atoms with Crippen LogP contribution in [0.15, 0.2) is 0 Å². The third-order valence-corrected chi connectivity index (χ3v) is 3.35. The normalized spacial score (nSPS) is 14.2. The van der Waals surface area contributed by atoms with E-state index < -0.39 is 5.91 Å². The van der Waals surface area contributed by atoms with Crippen LogP contribution >= 0.6 is 23.8 Å². The number of carbonyl (C=O) groups is 1. The zero-order valence-corrected chi connectivity index (χ0v) is 11.7. The average molecular weight is 288 g/mol. The smallest absolute Gasteiger partial charge is 0.291 e. The summed E-state index contributed by atoms with van der Waals surface area (Å²) in [7, 11) is 1.73. The predicted molar refractivity (Wildman–Crippen MR) is 72.3 cm³/mol. The molecule has 1 aliphatic rings. The molecule has 1 saturated carbocycles. The topological polar surface area (TPSA) is 71.0 Å². The van der Waals surface area contributed by atoms with E-state index in [4.69, 9.17) is 23.8 Å². The molecule has 2 rings (SSSR count). The number of carbonyl (C=O) groups excluding carboxylic acids is 1. The first-order chi connectivity index (χ1) is 8.49. The van der Waals surface area contributed by atoms with Crippen molar-refractivity contribution in [2.45, 2.75) is 25.8 Å². The van der Waals surface area contributed by atoms with Gasteiger partial charge in [0.15, 0.2) is 10.8 Å². The highest BCUT2D eigenvalue weighted by Crippen LogP contribution is 2.19. The Hall–Kier alpha value is -1.34. The lowest BCUT2D eigenvalue weighted by atomic mass is 10.3. The number of rotatable bonds is 2. The van der Waals surface area contributed by atoms with Crippen molar-refractivity contribution in [2.24, 2.45) is 7.05 Å². The number of aromatic nitrogens is 2. The number of nitrogens with zero attached hydrogens (tertiary/aromatic N) is 2. The van der Waals surface area contributed by atoms with Gasteiger partial charge in [-0.3, -0.25) is 20.3 Å². The first-order valence-corrected chi connectivity index (χ1v) is 6.33. The largest absolute Gasteiger partial charge is 0.359 e. The second-order valence-corrected chi connectivity index (χ2v) is 4.98. The van der Waals surface area contributed by atoms with Crippen LogP contribution in [-0.4, -0.2) is 26.8 Å². The van der Waals surface area contributed by atoms with E-state index in [0.29, 0.717) is 16.2 Å². The van der Waals surface area contributed by atoms with Crippen LogP contribution < -0.4 is 16.2 Å². The fourth-order valence-corrected chi connectivity index (χ4v) is 1.81. The minimum atomic E-state index is -0.413. The number of hydrogen-bond donors (Lipinski definition) is 3. The Labute approximate surface area is 115 Å². The summed E-state index contributed by atoms with van der Waals surface area (Å²) in [5, 5.41) is 7.81. The Morgan fingerprint density at radius 2 is 2.17 bits per heavy atom. The van der Waals surface area contributed by atoms with Gasteiger partial charge in [-0.25, -0.2) is 0 Å². The van der Waals surface area contributed by atoms with Gasteiger partial charge in [0.25, 0.3) is 5.91 Å². The molecule has 0 radical (unpaired) electrons. The lowest BCUT2D eigenvalue weighted by Crippen LogP contribution is -2.47. The van der Waals surface area contributed by atoms with E-state index in [9.17, 15) is 4.79 Å². The Bertz CT molecular complexity index is 497. The van der Waals surface area contributed by atoms with E-state index in [1.807, 2.05) is 0 Å². The van der Waals surface area contributed by atoms with Gasteiger partial charge in [0, 0.05) is 13.1 Å². The number of hydrogen-bond acceptors (Lipinski definition) is 3. The summed E-state index contributed by atoms with van der Waals surface area (Å²) < 4.78 is 1.55. The Morgan fingerprint density at radius 1 is 1.50 bits per heavy atom. The molecule has 1 amide bonds. The van der Waals surface area contributed by atoms with Crippen LogP contribution in [0.25, 0.3) is 0 Å². The average Bonchev–Trinajstić information content (AvgIpc) is 3.10. The molecule has 3 N–H and O–H groups in total. The third kappa shape index (κ3) is 2.91. The summed E-state index contributed by atoms with van der Waals surface area (Å²) in [6.07, 6.45) is 2.22. The van der Waals surface area contributed by atoms with E-state index in [1.165, 1.54) is 0 Å². The molecule has 18 heavy (non-hydrogen) atoms. The van der Waals surface area contributed by atoms with Crippen molar-refractivity contribution in [2.75, 3.05) is 0 Å². The molecule has 0 spiro atoms. The van der Waals surface area contributed by atoms with Crippen molar-refractivity contribution >= 4 is 34.8 Å². The molecular formula is C10H14ClN5OS. The Morgan fingerprint density at radius 3 is 2.67 bits per heavy atom. The number of hydrazine groups is 1. The first-order valence-electron chi connectivity index (χ1n) is 5.55. The lowest BCUT2D eigenvalue weighted by molar-refractivity contribution is 0.0938. The van der Waals surface area contributed by atoms with E-state index >= 15 is 0 Å². The number of aryl methyl sites for hydroxylation is 1. The summed E-state index contributed by atoms with van der Waals surface area (Å²) in [6, 6.07) is 0.433. The van der Waals surface area contributed by atoms with Crippen LogP contribution in [0.3, 0.4) is 0 Å². The zero-order valence-electron chi connectivity index (χ0n) is 10.1. The quantitative estimate of drug-likeness (QED) is 0.550. The molecule has 0 unspecified atom stereocenters. The van der Waals surface area contributed by atoms with Crippen LogP contribution in [0, 0.1) is 6.92 Å². The molecule has 98 valence electrons. The maximum atomic E-state index is 11.8. The fourth-order valence-electron chi connectivity index (χ4n) is 1.35. The molecule has 0 saturated heterocycles. The molecule has 0 aliphatic heterocycles. The van der Waals surface area contributed by atoms with Crippen LogP contribution in [0.2, 0.25) is 5.02 Å². The first kappa shape index (κ1) is 13.1. The number of thiocarbonyl (C=S) groups is 1. The second kappa shape index (κ2) is 5.11. The molecular weight excluding hydrogens is 274 g/mol. The van der Waals surface area contributed by atoms with Gasteiger partial charge < -0.3 is 5.32 Å². The van der Waals surface area contributed by atoms with Crippen molar-refractivity contribution in [1.29, 1.82) is 0 Å². The molecule has 1 aromatic rings. The van der Waals surface area contributed by atoms with E-state index in [2.05, 4.69) is 21.3 Å². The molecule has 1 heterocycles. The van der Waals surface area contributed by atoms with Gasteiger partial charge in [0.2, 0.25) is 0 Å². The highest BCUT2D eigenvalue weighted by Gasteiger charge is 2.22. The lowest BCUT2D eigenvalue weighted by Gasteiger charge is -2.09. The third-order valence-electron chi connectivity index (χ3n) is 2.68. The Kier molecular flexibility index (Phi) is 3.72. The van der Waals surface area contributed by atoms with Crippen molar-refractivity contribution < 1.29 is 4.79 Å². The summed E-state index contributed by atoms with van der Waals surface area (Å²) in [6.45, 7) is 1.79. The maximum absolute atomic E-state index is 11.8. The van der Waals surface area contributed by atoms with E-state index in [0.717, 1.165) is 18.5 Å². The molecule has 0 aromatic carbocycles. The van der Waals surface area contributed by atoms with Gasteiger partial charge in [-0.2, -0.15) is 5.10 Å². The van der Waals surface area contributed by atoms with Crippen molar-refractivity contribution in [3.63, 3.8) is 0 Å². The summed E-state index contributed by atoms with van der Waals surface area (Å²) in [4.78, 5) is 11.8. The van der Waals surface area contributed by atoms with Crippen LogP contribution in [-0.2, 0) is 7.05 Å². The van der Waals surface area contributed by atoms with Crippen molar-refractivity contribution in [1.82, 2.24) is 25.9 Å². The second-order valence-electron chi connectivity index (χ2n) is 4.20. The summed E-state index contributed by atoms with van der Waals surface area (Å²) >= 11 is 11.0. The molecule has 0 atom stereocenters. The molecule has 8 heteroatoms. The zero-order chi connectivity index (χ0) is 13.3. The van der Waals surface area contributed by atoms with Gasteiger partial charge in [-0.1, -0.05) is 11.6 Å². The van der Waals surface area contributed by atoms with Crippen LogP contribution in [0.1, 0.15) is 29.0 Å². The number of nitrogens with one attached hydrogen (secondary N) is 3. The van der Waals surface area contributed by atoms with Crippen molar-refractivity contribution in [3.8, 4) is 0 Å². The summed E-state index contributed by atoms with van der Waals surface area (Å²) in [5.41, 5.74) is 6.00. The molecule has 1 fully saturated rings. The summed E-state index contributed by atoms with van der Waals surface area (Å²) in [5.74, 6) is -0.413. The fraction of sp³-hybridized carbons (Fsp3) is 0.500. The van der Waals surface area contributed by atoms with Gasteiger partial charge in [-0.15, -0.1) is 0 Å². The van der Waals surface area contributed by atoms with Crippen LogP contribution in [0.4, 0.5) is 0 Å². The van der Waals surface area contributed by atoms with Gasteiger partial charge >= 0.3 is 0 Å². The maximum Gasteiger partial charge on any atom is 0.291 e. The standard InChI is InChI=1S/C10H14ClN5OS/c1-5-7(11)8(15-16(5)2)9(17)13-14-10(18)12-6-3-4-6/h6H,3-4H2,1-2H3,(H,13,17)(H2,12,14,18). The number of halogens is 1. The van der Waals surface area contributed by atoms with Gasteiger partial charge in [-0.05, 0) is 32.0 Å². The minimum absolute atomic E-state index is 0.179. The Balaban J connectivity index is 1.90. The minimum Gasteiger partial charge on any atom is -0.359 e. The molecule has 1 aromatic heterocycles. The van der Waals surface area contributed by atoms with E-state index in [-0.39, 0.29) is 5.69 Å². The van der Waals surface area contributed by atoms with Gasteiger partial charge in [0.05, 0.1) is 10.7 Å². The van der Waals surface area contributed by atoms with E-state index in [1.54, 1.807) is 18.7 Å².